The van der Waals surface area contributed by atoms with Crippen molar-refractivity contribution < 1.29 is 19.1 Å². The van der Waals surface area contributed by atoms with Gasteiger partial charge in [-0.25, -0.2) is 0 Å². The first kappa shape index (κ1) is 20.4. The molecule has 0 aliphatic carbocycles. The van der Waals surface area contributed by atoms with Crippen molar-refractivity contribution in [3.05, 3.63) is 53.6 Å². The third-order valence-corrected chi connectivity index (χ3v) is 5.45. The summed E-state index contributed by atoms with van der Waals surface area (Å²) in [6, 6.07) is 12.9. The van der Waals surface area contributed by atoms with Gasteiger partial charge in [-0.05, 0) is 38.1 Å². The molecule has 158 valence electrons. The molecule has 0 radical (unpaired) electrons. The highest BCUT2D eigenvalue weighted by molar-refractivity contribution is 6.05. The molecule has 2 aromatic carbocycles. The standard InChI is InChI=1S/C23H27N3O4/c1-16-4-3-5-18(14-16)22(27)24-19-6-7-20-21(15-19)30-17(2)23(28)26(20)9-8-25-10-12-29-13-11-25/h3-7,14-15,17H,8-13H2,1-2H3,(H,24,27). The number of carbonyl (C=O) groups is 2. The number of amides is 2. The molecule has 1 saturated heterocycles. The zero-order chi connectivity index (χ0) is 21.1. The van der Waals surface area contributed by atoms with Crippen LogP contribution in [0.25, 0.3) is 0 Å². The lowest BCUT2D eigenvalue weighted by Gasteiger charge is -2.35. The molecule has 2 aromatic rings. The van der Waals surface area contributed by atoms with Gasteiger partial charge in [0.2, 0.25) is 0 Å². The monoisotopic (exact) mass is 409 g/mol. The summed E-state index contributed by atoms with van der Waals surface area (Å²) >= 11 is 0. The molecule has 0 saturated carbocycles. The van der Waals surface area contributed by atoms with Crippen LogP contribution in [0, 0.1) is 6.92 Å². The third kappa shape index (κ3) is 4.47. The second-order valence-corrected chi connectivity index (χ2v) is 7.71. The Morgan fingerprint density at radius 3 is 2.70 bits per heavy atom. The van der Waals surface area contributed by atoms with Crippen molar-refractivity contribution in [1.82, 2.24) is 4.90 Å². The molecule has 2 heterocycles. The topological polar surface area (TPSA) is 71.1 Å². The van der Waals surface area contributed by atoms with Gasteiger partial charge in [-0.15, -0.1) is 0 Å². The molecule has 0 spiro atoms. The van der Waals surface area contributed by atoms with Gasteiger partial charge in [0.1, 0.15) is 5.75 Å². The molecule has 4 rings (SSSR count). The van der Waals surface area contributed by atoms with Gasteiger partial charge in [0, 0.05) is 43.5 Å². The summed E-state index contributed by atoms with van der Waals surface area (Å²) in [5, 5.41) is 2.92. The van der Waals surface area contributed by atoms with Crippen LogP contribution < -0.4 is 15.0 Å². The maximum Gasteiger partial charge on any atom is 0.267 e. The number of rotatable bonds is 5. The first-order valence-electron chi connectivity index (χ1n) is 10.3. The van der Waals surface area contributed by atoms with Crippen molar-refractivity contribution in [2.75, 3.05) is 49.6 Å². The van der Waals surface area contributed by atoms with Gasteiger partial charge in [-0.3, -0.25) is 14.5 Å². The van der Waals surface area contributed by atoms with E-state index >= 15 is 0 Å². The van der Waals surface area contributed by atoms with Crippen molar-refractivity contribution in [3.8, 4) is 5.75 Å². The van der Waals surface area contributed by atoms with Crippen LogP contribution in [-0.2, 0) is 9.53 Å². The van der Waals surface area contributed by atoms with Gasteiger partial charge in [-0.1, -0.05) is 17.7 Å². The van der Waals surface area contributed by atoms with E-state index in [-0.39, 0.29) is 11.8 Å². The number of hydrogen-bond acceptors (Lipinski definition) is 5. The Hall–Kier alpha value is -2.90. The lowest BCUT2D eigenvalue weighted by atomic mass is 10.1. The molecule has 0 bridgehead atoms. The maximum atomic E-state index is 12.7. The quantitative estimate of drug-likeness (QED) is 0.822. The Bertz CT molecular complexity index is 940. The summed E-state index contributed by atoms with van der Waals surface area (Å²) in [5.74, 6) is 0.376. The zero-order valence-electron chi connectivity index (χ0n) is 17.4. The molecular weight excluding hydrogens is 382 g/mol. The van der Waals surface area contributed by atoms with Crippen molar-refractivity contribution >= 4 is 23.2 Å². The van der Waals surface area contributed by atoms with Gasteiger partial charge in [0.05, 0.1) is 18.9 Å². The Morgan fingerprint density at radius 1 is 1.13 bits per heavy atom. The van der Waals surface area contributed by atoms with Crippen molar-refractivity contribution in [1.29, 1.82) is 0 Å². The highest BCUT2D eigenvalue weighted by Crippen LogP contribution is 2.36. The first-order chi connectivity index (χ1) is 14.5. The van der Waals surface area contributed by atoms with E-state index in [0.29, 0.717) is 23.5 Å². The molecule has 2 amide bonds. The molecule has 7 nitrogen and oxygen atoms in total. The van der Waals surface area contributed by atoms with Crippen LogP contribution in [0.3, 0.4) is 0 Å². The van der Waals surface area contributed by atoms with Crippen molar-refractivity contribution in [2.45, 2.75) is 20.0 Å². The van der Waals surface area contributed by atoms with Crippen LogP contribution in [0.1, 0.15) is 22.8 Å². The number of fused-ring (bicyclic) bond motifs is 1. The Balaban J connectivity index is 1.49. The summed E-state index contributed by atoms with van der Waals surface area (Å²) in [7, 11) is 0. The predicted octanol–water partition coefficient (Wildman–Crippen LogP) is 2.69. The number of ether oxygens (including phenoxy) is 2. The minimum atomic E-state index is -0.565. The lowest BCUT2D eigenvalue weighted by molar-refractivity contribution is -0.125. The minimum absolute atomic E-state index is 0.0488. The van der Waals surface area contributed by atoms with Crippen LogP contribution in [0.15, 0.2) is 42.5 Å². The molecule has 1 unspecified atom stereocenters. The number of carbonyl (C=O) groups excluding carboxylic acids is 2. The number of nitrogens with one attached hydrogen (secondary N) is 1. The van der Waals surface area contributed by atoms with Crippen LogP contribution in [0.5, 0.6) is 5.75 Å². The van der Waals surface area contributed by atoms with E-state index < -0.39 is 6.10 Å². The van der Waals surface area contributed by atoms with Crippen molar-refractivity contribution in [3.63, 3.8) is 0 Å². The van der Waals surface area contributed by atoms with Gasteiger partial charge in [0.15, 0.2) is 6.10 Å². The van der Waals surface area contributed by atoms with E-state index in [1.54, 1.807) is 30.0 Å². The highest BCUT2D eigenvalue weighted by atomic mass is 16.5. The Labute approximate surface area is 176 Å². The average Bonchev–Trinajstić information content (AvgIpc) is 2.75. The predicted molar refractivity (Wildman–Crippen MR) is 115 cm³/mol. The Kier molecular flexibility index (Phi) is 6.01. The second-order valence-electron chi connectivity index (χ2n) is 7.71. The van der Waals surface area contributed by atoms with E-state index in [1.165, 1.54) is 0 Å². The fraction of sp³-hybridized carbons (Fsp3) is 0.391. The van der Waals surface area contributed by atoms with Crippen LogP contribution in [0.2, 0.25) is 0 Å². The highest BCUT2D eigenvalue weighted by Gasteiger charge is 2.32. The van der Waals surface area contributed by atoms with Crippen LogP contribution >= 0.6 is 0 Å². The molecule has 1 atom stereocenters. The van der Waals surface area contributed by atoms with Gasteiger partial charge >= 0.3 is 0 Å². The van der Waals surface area contributed by atoms with Gasteiger partial charge in [-0.2, -0.15) is 0 Å². The van der Waals surface area contributed by atoms with Crippen LogP contribution in [-0.4, -0.2) is 62.2 Å². The van der Waals surface area contributed by atoms with E-state index in [4.69, 9.17) is 9.47 Å². The summed E-state index contributed by atoms with van der Waals surface area (Å²) < 4.78 is 11.2. The molecule has 7 heteroatoms. The molecule has 2 aliphatic heterocycles. The minimum Gasteiger partial charge on any atom is -0.479 e. The van der Waals surface area contributed by atoms with E-state index in [9.17, 15) is 9.59 Å². The molecular formula is C23H27N3O4. The summed E-state index contributed by atoms with van der Waals surface area (Å²) in [6.07, 6.45) is -0.565. The molecule has 2 aliphatic rings. The number of benzene rings is 2. The maximum absolute atomic E-state index is 12.7. The fourth-order valence-corrected chi connectivity index (χ4v) is 3.77. The van der Waals surface area contributed by atoms with Gasteiger partial charge in [0.25, 0.3) is 11.8 Å². The SMILES string of the molecule is Cc1cccc(C(=O)Nc2ccc3c(c2)OC(C)C(=O)N3CCN2CCOCC2)c1. The third-order valence-electron chi connectivity index (χ3n) is 5.45. The first-order valence-corrected chi connectivity index (χ1v) is 10.3. The largest absolute Gasteiger partial charge is 0.479 e. The van der Waals surface area contributed by atoms with Gasteiger partial charge < -0.3 is 19.7 Å². The number of hydrogen-bond donors (Lipinski definition) is 1. The molecule has 1 N–H and O–H groups in total. The molecule has 30 heavy (non-hydrogen) atoms. The normalized spacial score (nSPS) is 19.2. The fourth-order valence-electron chi connectivity index (χ4n) is 3.77. The van der Waals surface area contributed by atoms with E-state index in [2.05, 4.69) is 10.2 Å². The summed E-state index contributed by atoms with van der Waals surface area (Å²) in [6.45, 7) is 8.30. The number of aryl methyl sites for hydroxylation is 1. The van der Waals surface area contributed by atoms with Crippen LogP contribution in [0.4, 0.5) is 11.4 Å². The number of anilines is 2. The van der Waals surface area contributed by atoms with E-state index in [0.717, 1.165) is 44.1 Å². The summed E-state index contributed by atoms with van der Waals surface area (Å²) in [4.78, 5) is 29.4. The van der Waals surface area contributed by atoms with E-state index in [1.807, 2.05) is 31.2 Å². The molecule has 0 aromatic heterocycles. The smallest absolute Gasteiger partial charge is 0.267 e. The second kappa shape index (κ2) is 8.85. The van der Waals surface area contributed by atoms with Crippen molar-refractivity contribution in [2.24, 2.45) is 0 Å². The average molecular weight is 409 g/mol. The molecule has 1 fully saturated rings. The zero-order valence-corrected chi connectivity index (χ0v) is 17.4. The summed E-state index contributed by atoms with van der Waals surface area (Å²) in [5.41, 5.74) is 3.00. The lowest BCUT2D eigenvalue weighted by Crippen LogP contribution is -2.48. The Morgan fingerprint density at radius 2 is 1.93 bits per heavy atom. The number of nitrogens with zero attached hydrogens (tertiary/aromatic N) is 2. The number of morpholine rings is 1.